The molecule has 0 N–H and O–H groups in total. The first-order valence-electron chi connectivity index (χ1n) is 8.13. The molecule has 0 saturated carbocycles. The van der Waals surface area contributed by atoms with E-state index in [9.17, 15) is 0 Å². The molecule has 2 nitrogen and oxygen atoms in total. The Bertz CT molecular complexity index is 638. The van der Waals surface area contributed by atoms with Gasteiger partial charge < -0.3 is 4.74 Å². The van der Waals surface area contributed by atoms with Gasteiger partial charge in [-0.05, 0) is 37.1 Å². The molecule has 23 heavy (non-hydrogen) atoms. The van der Waals surface area contributed by atoms with Gasteiger partial charge in [-0.3, -0.25) is 4.90 Å². The molecule has 120 valence electrons. The third kappa shape index (κ3) is 2.58. The Hall–Kier alpha value is -1.06. The Morgan fingerprint density at radius 3 is 2.00 bits per heavy atom. The Kier molecular flexibility index (Phi) is 4.10. The minimum atomic E-state index is -0.528. The summed E-state index contributed by atoms with van der Waals surface area (Å²) in [5, 5.41) is 1.49. The zero-order valence-electron chi connectivity index (χ0n) is 12.8. The van der Waals surface area contributed by atoms with Crippen LogP contribution in [0.3, 0.4) is 0 Å². The predicted molar refractivity (Wildman–Crippen MR) is 94.0 cm³/mol. The van der Waals surface area contributed by atoms with Gasteiger partial charge in [0, 0.05) is 33.8 Å². The van der Waals surface area contributed by atoms with Crippen molar-refractivity contribution >= 4 is 23.2 Å². The maximum absolute atomic E-state index is 6.48. The SMILES string of the molecule is Clc1ccc(C2(c3ccc(Cl)cc3)OCC3CCCCN32)cc1. The van der Waals surface area contributed by atoms with Crippen molar-refractivity contribution in [3.63, 3.8) is 0 Å². The van der Waals surface area contributed by atoms with E-state index in [-0.39, 0.29) is 0 Å². The van der Waals surface area contributed by atoms with Crippen LogP contribution in [0.25, 0.3) is 0 Å². The van der Waals surface area contributed by atoms with Gasteiger partial charge in [-0.25, -0.2) is 0 Å². The van der Waals surface area contributed by atoms with Crippen molar-refractivity contribution < 1.29 is 4.74 Å². The quantitative estimate of drug-likeness (QED) is 0.750. The van der Waals surface area contributed by atoms with Gasteiger partial charge in [0.15, 0.2) is 5.72 Å². The molecule has 1 atom stereocenters. The Balaban J connectivity index is 1.86. The summed E-state index contributed by atoms with van der Waals surface area (Å²) in [6.07, 6.45) is 3.69. The molecule has 2 heterocycles. The number of rotatable bonds is 2. The second-order valence-corrected chi connectivity index (χ2v) is 7.18. The summed E-state index contributed by atoms with van der Waals surface area (Å²) in [7, 11) is 0. The van der Waals surface area contributed by atoms with Gasteiger partial charge in [0.25, 0.3) is 0 Å². The van der Waals surface area contributed by atoms with Crippen LogP contribution in [-0.2, 0) is 10.5 Å². The highest BCUT2D eigenvalue weighted by Crippen LogP contribution is 2.46. The summed E-state index contributed by atoms with van der Waals surface area (Å²) in [5.74, 6) is 0. The van der Waals surface area contributed by atoms with Crippen LogP contribution < -0.4 is 0 Å². The fraction of sp³-hybridized carbons (Fsp3) is 0.368. The third-order valence-electron chi connectivity index (χ3n) is 4.99. The van der Waals surface area contributed by atoms with Gasteiger partial charge in [-0.2, -0.15) is 0 Å². The average Bonchev–Trinajstić information content (AvgIpc) is 2.97. The monoisotopic (exact) mass is 347 g/mol. The second kappa shape index (κ2) is 6.10. The smallest absolute Gasteiger partial charge is 0.174 e. The summed E-state index contributed by atoms with van der Waals surface area (Å²) in [6.45, 7) is 1.82. The highest BCUT2D eigenvalue weighted by molar-refractivity contribution is 6.30. The summed E-state index contributed by atoms with van der Waals surface area (Å²) in [4.78, 5) is 2.52. The van der Waals surface area contributed by atoms with E-state index < -0.39 is 5.72 Å². The van der Waals surface area contributed by atoms with Gasteiger partial charge in [0.2, 0.25) is 0 Å². The van der Waals surface area contributed by atoms with Crippen molar-refractivity contribution in [1.82, 2.24) is 4.90 Å². The molecule has 0 aromatic heterocycles. The van der Waals surface area contributed by atoms with Crippen LogP contribution in [0, 0.1) is 0 Å². The highest BCUT2D eigenvalue weighted by Gasteiger charge is 2.50. The van der Waals surface area contributed by atoms with Crippen molar-refractivity contribution in [3.05, 3.63) is 69.7 Å². The Morgan fingerprint density at radius 2 is 1.43 bits per heavy atom. The normalized spacial score (nSPS) is 23.7. The van der Waals surface area contributed by atoms with Crippen LogP contribution in [0.1, 0.15) is 30.4 Å². The number of hydrogen-bond donors (Lipinski definition) is 0. The molecule has 0 radical (unpaired) electrons. The van der Waals surface area contributed by atoms with Gasteiger partial charge >= 0.3 is 0 Å². The van der Waals surface area contributed by atoms with E-state index in [1.54, 1.807) is 0 Å². The zero-order valence-corrected chi connectivity index (χ0v) is 14.4. The molecule has 2 aromatic rings. The number of hydrogen-bond acceptors (Lipinski definition) is 2. The molecule has 0 bridgehead atoms. The molecule has 2 aliphatic rings. The molecule has 2 fully saturated rings. The molecule has 2 aromatic carbocycles. The van der Waals surface area contributed by atoms with Crippen molar-refractivity contribution in [3.8, 4) is 0 Å². The highest BCUT2D eigenvalue weighted by atomic mass is 35.5. The maximum Gasteiger partial charge on any atom is 0.174 e. The van der Waals surface area contributed by atoms with E-state index in [1.807, 2.05) is 24.3 Å². The first-order chi connectivity index (χ1) is 11.2. The first kappa shape index (κ1) is 15.5. The van der Waals surface area contributed by atoms with Gasteiger partial charge in [-0.1, -0.05) is 53.9 Å². The third-order valence-corrected chi connectivity index (χ3v) is 5.49. The van der Waals surface area contributed by atoms with Crippen molar-refractivity contribution in [1.29, 1.82) is 0 Å². The first-order valence-corrected chi connectivity index (χ1v) is 8.88. The predicted octanol–water partition coefficient (Wildman–Crippen LogP) is 5.08. The molecule has 4 heteroatoms. The number of benzene rings is 2. The Morgan fingerprint density at radius 1 is 0.870 bits per heavy atom. The minimum absolute atomic E-state index is 0.482. The van der Waals surface area contributed by atoms with Gasteiger partial charge in [0.1, 0.15) is 0 Å². The molecular formula is C19H19Cl2NO. The lowest BCUT2D eigenvalue weighted by Crippen LogP contribution is -2.48. The summed E-state index contributed by atoms with van der Waals surface area (Å²) >= 11 is 12.2. The lowest BCUT2D eigenvalue weighted by atomic mass is 9.90. The summed E-state index contributed by atoms with van der Waals surface area (Å²) < 4.78 is 6.48. The van der Waals surface area contributed by atoms with E-state index in [4.69, 9.17) is 27.9 Å². The van der Waals surface area contributed by atoms with Gasteiger partial charge in [-0.15, -0.1) is 0 Å². The lowest BCUT2D eigenvalue weighted by Gasteiger charge is -2.42. The van der Waals surface area contributed by atoms with Crippen LogP contribution >= 0.6 is 23.2 Å². The van der Waals surface area contributed by atoms with Crippen molar-refractivity contribution in [2.45, 2.75) is 31.0 Å². The van der Waals surface area contributed by atoms with Crippen LogP contribution in [0.5, 0.6) is 0 Å². The fourth-order valence-electron chi connectivity index (χ4n) is 3.90. The van der Waals surface area contributed by atoms with E-state index >= 15 is 0 Å². The van der Waals surface area contributed by atoms with Crippen LogP contribution in [0.2, 0.25) is 10.0 Å². The largest absolute Gasteiger partial charge is 0.350 e. The van der Waals surface area contributed by atoms with E-state index in [0.717, 1.165) is 34.3 Å². The second-order valence-electron chi connectivity index (χ2n) is 6.31. The van der Waals surface area contributed by atoms with E-state index in [0.29, 0.717) is 6.04 Å². The standard InChI is InChI=1S/C19H19Cl2NO/c20-16-8-4-14(5-9-16)19(15-6-10-17(21)11-7-15)22-12-2-1-3-18(22)13-23-19/h4-11,18H,1-3,12-13H2. The average molecular weight is 348 g/mol. The zero-order chi connectivity index (χ0) is 15.9. The molecule has 0 aliphatic carbocycles. The van der Waals surface area contributed by atoms with Gasteiger partial charge in [0.05, 0.1) is 6.61 Å². The Labute approximate surface area is 147 Å². The number of nitrogens with zero attached hydrogens (tertiary/aromatic N) is 1. The molecule has 2 aliphatic heterocycles. The topological polar surface area (TPSA) is 12.5 Å². The minimum Gasteiger partial charge on any atom is -0.350 e. The molecule has 2 saturated heterocycles. The maximum atomic E-state index is 6.48. The fourth-order valence-corrected chi connectivity index (χ4v) is 4.16. The molecule has 4 rings (SSSR count). The van der Waals surface area contributed by atoms with Crippen molar-refractivity contribution in [2.75, 3.05) is 13.2 Å². The molecule has 1 unspecified atom stereocenters. The number of piperidine rings is 1. The van der Waals surface area contributed by atoms with Crippen LogP contribution in [-0.4, -0.2) is 24.1 Å². The van der Waals surface area contributed by atoms with Crippen LogP contribution in [0.15, 0.2) is 48.5 Å². The number of halogens is 2. The van der Waals surface area contributed by atoms with Crippen LogP contribution in [0.4, 0.5) is 0 Å². The van der Waals surface area contributed by atoms with E-state index in [1.165, 1.54) is 19.3 Å². The molecular weight excluding hydrogens is 329 g/mol. The van der Waals surface area contributed by atoms with E-state index in [2.05, 4.69) is 29.2 Å². The lowest BCUT2D eigenvalue weighted by molar-refractivity contribution is -0.0604. The van der Waals surface area contributed by atoms with Crippen molar-refractivity contribution in [2.24, 2.45) is 0 Å². The number of fused-ring (bicyclic) bond motifs is 1. The molecule has 0 amide bonds. The summed E-state index contributed by atoms with van der Waals surface area (Å²) in [5.41, 5.74) is 1.74. The summed E-state index contributed by atoms with van der Waals surface area (Å²) in [6, 6.07) is 16.5. The number of ether oxygens (including phenoxy) is 1. The molecule has 0 spiro atoms.